The Morgan fingerprint density at radius 3 is 2.12 bits per heavy atom. The molecule has 168 valence electrons. The molecule has 0 fully saturated rings. The summed E-state index contributed by atoms with van der Waals surface area (Å²) in [5, 5.41) is 0. The maximum absolute atomic E-state index is 13.5. The largest absolute Gasteiger partial charge is 0.314 e. The molecule has 3 rings (SSSR count). The number of benzene rings is 3. The maximum atomic E-state index is 13.5. The van der Waals surface area contributed by atoms with Crippen LogP contribution in [0.5, 0.6) is 0 Å². The highest BCUT2D eigenvalue weighted by atomic mass is 32.2. The molecule has 3 aromatic rings. The Morgan fingerprint density at radius 1 is 0.812 bits per heavy atom. The number of rotatable bonds is 7. The van der Waals surface area contributed by atoms with Gasteiger partial charge in [0.1, 0.15) is 0 Å². The molecule has 0 saturated carbocycles. The summed E-state index contributed by atoms with van der Waals surface area (Å²) < 4.78 is 28.2. The topological polar surface area (TPSA) is 57.7 Å². The zero-order valence-corrected chi connectivity index (χ0v) is 20.1. The molecule has 5 nitrogen and oxygen atoms in total. The van der Waals surface area contributed by atoms with Crippen molar-refractivity contribution in [3.05, 3.63) is 94.5 Å². The molecule has 0 aliphatic heterocycles. The van der Waals surface area contributed by atoms with Gasteiger partial charge in [0.2, 0.25) is 15.9 Å². The SMILES string of the molecule is Cc1ccc(S(=O)(=O)N(CC(=O)N(C)c2ccc(C)c(C)c2)Cc2cccc(C)c2)cc1. The number of carbonyl (C=O) groups is 1. The Morgan fingerprint density at radius 2 is 1.50 bits per heavy atom. The van der Waals surface area contributed by atoms with E-state index in [1.807, 2.05) is 70.2 Å². The van der Waals surface area contributed by atoms with Crippen LogP contribution in [0.2, 0.25) is 0 Å². The molecular weight excluding hydrogens is 420 g/mol. The van der Waals surface area contributed by atoms with Gasteiger partial charge in [-0.3, -0.25) is 4.79 Å². The number of carbonyl (C=O) groups excluding carboxylic acids is 1. The number of anilines is 1. The number of hydrogen-bond acceptors (Lipinski definition) is 3. The summed E-state index contributed by atoms with van der Waals surface area (Å²) in [5.74, 6) is -0.295. The number of sulfonamides is 1. The van der Waals surface area contributed by atoms with E-state index in [2.05, 4.69) is 0 Å². The van der Waals surface area contributed by atoms with Crippen molar-refractivity contribution in [3.63, 3.8) is 0 Å². The lowest BCUT2D eigenvalue weighted by atomic mass is 10.1. The van der Waals surface area contributed by atoms with Crippen LogP contribution in [0.15, 0.2) is 71.6 Å². The van der Waals surface area contributed by atoms with Crippen molar-refractivity contribution in [3.8, 4) is 0 Å². The average molecular weight is 451 g/mol. The van der Waals surface area contributed by atoms with Crippen molar-refractivity contribution in [2.45, 2.75) is 39.1 Å². The molecule has 32 heavy (non-hydrogen) atoms. The highest BCUT2D eigenvalue weighted by Crippen LogP contribution is 2.22. The van der Waals surface area contributed by atoms with E-state index in [4.69, 9.17) is 0 Å². The van der Waals surface area contributed by atoms with Crippen molar-refractivity contribution in [1.82, 2.24) is 4.31 Å². The Kier molecular flexibility index (Phi) is 7.16. The van der Waals surface area contributed by atoms with Gasteiger partial charge in [-0.1, -0.05) is 53.6 Å². The van der Waals surface area contributed by atoms with Gasteiger partial charge in [0.05, 0.1) is 11.4 Å². The highest BCUT2D eigenvalue weighted by Gasteiger charge is 2.28. The van der Waals surface area contributed by atoms with Crippen LogP contribution in [-0.4, -0.2) is 32.2 Å². The minimum absolute atomic E-state index is 0.115. The molecule has 0 spiro atoms. The third-order valence-corrected chi connectivity index (χ3v) is 7.47. The van der Waals surface area contributed by atoms with Gasteiger partial charge >= 0.3 is 0 Å². The van der Waals surface area contributed by atoms with Gasteiger partial charge in [-0.2, -0.15) is 4.31 Å². The molecule has 3 aromatic carbocycles. The number of likely N-dealkylation sites (N-methyl/N-ethyl adjacent to an activating group) is 1. The van der Waals surface area contributed by atoms with Crippen LogP contribution in [0, 0.1) is 27.7 Å². The van der Waals surface area contributed by atoms with Crippen LogP contribution >= 0.6 is 0 Å². The van der Waals surface area contributed by atoms with Crippen LogP contribution in [0.25, 0.3) is 0 Å². The number of amides is 1. The number of nitrogens with zero attached hydrogens (tertiary/aromatic N) is 2. The lowest BCUT2D eigenvalue weighted by Crippen LogP contribution is -2.41. The second-order valence-corrected chi connectivity index (χ2v) is 10.2. The molecule has 0 aromatic heterocycles. The summed E-state index contributed by atoms with van der Waals surface area (Å²) in [6.07, 6.45) is 0. The second-order valence-electron chi connectivity index (χ2n) is 8.30. The van der Waals surface area contributed by atoms with E-state index in [-0.39, 0.29) is 23.9 Å². The van der Waals surface area contributed by atoms with E-state index in [0.717, 1.165) is 33.5 Å². The molecule has 0 atom stereocenters. The first-order valence-electron chi connectivity index (χ1n) is 10.5. The Balaban J connectivity index is 1.93. The molecule has 1 amide bonds. The van der Waals surface area contributed by atoms with Gasteiger partial charge in [0.15, 0.2) is 0 Å². The van der Waals surface area contributed by atoms with Crippen LogP contribution < -0.4 is 4.90 Å². The first-order chi connectivity index (χ1) is 15.1. The van der Waals surface area contributed by atoms with Gasteiger partial charge in [-0.05, 0) is 68.7 Å². The fourth-order valence-electron chi connectivity index (χ4n) is 3.43. The lowest BCUT2D eigenvalue weighted by molar-refractivity contribution is -0.118. The van der Waals surface area contributed by atoms with Gasteiger partial charge < -0.3 is 4.90 Å². The van der Waals surface area contributed by atoms with Gasteiger partial charge in [-0.15, -0.1) is 0 Å². The number of aryl methyl sites for hydroxylation is 4. The molecule has 0 unspecified atom stereocenters. The quantitative estimate of drug-likeness (QED) is 0.521. The predicted molar refractivity (Wildman–Crippen MR) is 129 cm³/mol. The number of hydrogen-bond donors (Lipinski definition) is 0. The third-order valence-electron chi connectivity index (χ3n) is 5.66. The van der Waals surface area contributed by atoms with E-state index in [1.54, 1.807) is 31.3 Å². The molecule has 6 heteroatoms. The van der Waals surface area contributed by atoms with E-state index in [9.17, 15) is 13.2 Å². The maximum Gasteiger partial charge on any atom is 0.243 e. The molecule has 0 aliphatic rings. The third kappa shape index (κ3) is 5.44. The summed E-state index contributed by atoms with van der Waals surface area (Å²) >= 11 is 0. The minimum Gasteiger partial charge on any atom is -0.314 e. The average Bonchev–Trinajstić information content (AvgIpc) is 2.75. The predicted octanol–water partition coefficient (Wildman–Crippen LogP) is 4.77. The summed E-state index contributed by atoms with van der Waals surface area (Å²) in [7, 11) is -2.19. The van der Waals surface area contributed by atoms with Crippen LogP contribution in [0.4, 0.5) is 5.69 Å². The smallest absolute Gasteiger partial charge is 0.243 e. The van der Waals surface area contributed by atoms with Crippen LogP contribution in [0.1, 0.15) is 27.8 Å². The lowest BCUT2D eigenvalue weighted by Gasteiger charge is -2.25. The van der Waals surface area contributed by atoms with Crippen molar-refractivity contribution in [1.29, 1.82) is 0 Å². The standard InChI is InChI=1S/C26H30N2O3S/c1-19-9-13-25(14-10-19)32(30,31)28(17-23-8-6-7-20(2)15-23)18-26(29)27(5)24-12-11-21(3)22(4)16-24/h6-16H,17-18H2,1-5H3. The van der Waals surface area contributed by atoms with Crippen molar-refractivity contribution in [2.75, 3.05) is 18.5 Å². The minimum atomic E-state index is -3.87. The Labute approximate surface area is 191 Å². The summed E-state index contributed by atoms with van der Waals surface area (Å²) in [6.45, 7) is 7.73. The van der Waals surface area contributed by atoms with Gasteiger partial charge in [-0.25, -0.2) is 8.42 Å². The first-order valence-corrected chi connectivity index (χ1v) is 12.0. The fourth-order valence-corrected chi connectivity index (χ4v) is 4.81. The van der Waals surface area contributed by atoms with Crippen LogP contribution in [0.3, 0.4) is 0 Å². The van der Waals surface area contributed by atoms with E-state index < -0.39 is 10.0 Å². The summed E-state index contributed by atoms with van der Waals surface area (Å²) in [5.41, 5.74) is 5.79. The summed E-state index contributed by atoms with van der Waals surface area (Å²) in [6, 6.07) is 20.1. The van der Waals surface area contributed by atoms with Crippen molar-refractivity contribution >= 4 is 21.6 Å². The molecule has 0 aliphatic carbocycles. The molecule has 0 radical (unpaired) electrons. The Hall–Kier alpha value is -2.96. The zero-order chi connectivity index (χ0) is 23.5. The van der Waals surface area contributed by atoms with E-state index in [1.165, 1.54) is 9.21 Å². The summed E-state index contributed by atoms with van der Waals surface area (Å²) in [4.78, 5) is 14.9. The van der Waals surface area contributed by atoms with Gasteiger partial charge in [0.25, 0.3) is 0 Å². The van der Waals surface area contributed by atoms with Crippen molar-refractivity contribution < 1.29 is 13.2 Å². The normalized spacial score (nSPS) is 11.6. The first kappa shape index (κ1) is 23.7. The Bertz CT molecular complexity index is 1220. The highest BCUT2D eigenvalue weighted by molar-refractivity contribution is 7.89. The second kappa shape index (κ2) is 9.67. The zero-order valence-electron chi connectivity index (χ0n) is 19.3. The molecular formula is C26H30N2O3S. The molecule has 0 saturated heterocycles. The van der Waals surface area contributed by atoms with Gasteiger partial charge in [0, 0.05) is 19.3 Å². The molecule has 0 bridgehead atoms. The monoisotopic (exact) mass is 450 g/mol. The molecule has 0 heterocycles. The fraction of sp³-hybridized carbons (Fsp3) is 0.269. The van der Waals surface area contributed by atoms with Crippen molar-refractivity contribution in [2.24, 2.45) is 0 Å². The molecule has 0 N–H and O–H groups in total. The van der Waals surface area contributed by atoms with Crippen LogP contribution in [-0.2, 0) is 21.4 Å². The van der Waals surface area contributed by atoms with E-state index in [0.29, 0.717) is 0 Å². The van der Waals surface area contributed by atoms with E-state index >= 15 is 0 Å².